The fourth-order valence-corrected chi connectivity index (χ4v) is 3.92. The summed E-state index contributed by atoms with van der Waals surface area (Å²) in [5.74, 6) is 0.507. The molecular weight excluding hydrogens is 380 g/mol. The van der Waals surface area contributed by atoms with Gasteiger partial charge in [-0.3, -0.25) is 4.79 Å². The van der Waals surface area contributed by atoms with Gasteiger partial charge in [0.05, 0.1) is 16.8 Å². The smallest absolute Gasteiger partial charge is 0.318 e. The molecule has 138 valence electrons. The monoisotopic (exact) mass is 398 g/mol. The summed E-state index contributed by atoms with van der Waals surface area (Å²) in [5.41, 5.74) is 4.59. The molecule has 0 radical (unpaired) electrons. The number of hydrogen-bond acceptors (Lipinski definition) is 5. The van der Waals surface area contributed by atoms with Crippen molar-refractivity contribution in [3.8, 4) is 0 Å². The molecule has 0 atom stereocenters. The first kappa shape index (κ1) is 18.9. The van der Waals surface area contributed by atoms with Crippen LogP contribution in [0.25, 0.3) is 0 Å². The van der Waals surface area contributed by atoms with Crippen molar-refractivity contribution in [2.75, 3.05) is 17.7 Å². The molecule has 0 unspecified atom stereocenters. The lowest BCUT2D eigenvalue weighted by Gasteiger charge is -2.11. The molecule has 0 fully saturated rings. The number of nitrogens with one attached hydrogen (secondary N) is 3. The van der Waals surface area contributed by atoms with Gasteiger partial charge in [-0.15, -0.1) is 23.1 Å². The lowest BCUT2D eigenvalue weighted by Crippen LogP contribution is -2.24. The van der Waals surface area contributed by atoms with Gasteiger partial charge in [0, 0.05) is 34.5 Å². The van der Waals surface area contributed by atoms with Gasteiger partial charge in [-0.1, -0.05) is 18.2 Å². The summed E-state index contributed by atoms with van der Waals surface area (Å²) in [4.78, 5) is 29.3. The third-order valence-corrected chi connectivity index (χ3v) is 5.34. The number of rotatable bonds is 6. The van der Waals surface area contributed by atoms with Gasteiger partial charge in [0.25, 0.3) is 5.91 Å². The van der Waals surface area contributed by atoms with Crippen molar-refractivity contribution >= 4 is 46.4 Å². The third-order valence-electron chi connectivity index (χ3n) is 3.60. The van der Waals surface area contributed by atoms with E-state index in [0.29, 0.717) is 22.7 Å². The Hall–Kier alpha value is -2.84. The van der Waals surface area contributed by atoms with E-state index in [-0.39, 0.29) is 11.9 Å². The zero-order valence-corrected chi connectivity index (χ0v) is 16.2. The van der Waals surface area contributed by atoms with Crippen molar-refractivity contribution in [2.24, 2.45) is 0 Å². The van der Waals surface area contributed by atoms with Crippen LogP contribution < -0.4 is 16.0 Å². The summed E-state index contributed by atoms with van der Waals surface area (Å²) in [7, 11) is 1.54. The molecule has 0 saturated heterocycles. The Labute approximate surface area is 165 Å². The molecule has 0 aliphatic heterocycles. The lowest BCUT2D eigenvalue weighted by atomic mass is 10.2. The molecular formula is C19H18N4O2S2. The van der Waals surface area contributed by atoms with Crippen molar-refractivity contribution in [3.63, 3.8) is 0 Å². The lowest BCUT2D eigenvalue weighted by molar-refractivity contribution is 0.102. The Kier molecular flexibility index (Phi) is 6.45. The maximum Gasteiger partial charge on any atom is 0.318 e. The molecule has 0 aliphatic rings. The van der Waals surface area contributed by atoms with Gasteiger partial charge in [-0.05, 0) is 30.3 Å². The van der Waals surface area contributed by atoms with Crippen molar-refractivity contribution in [1.29, 1.82) is 0 Å². The maximum atomic E-state index is 12.7. The highest BCUT2D eigenvalue weighted by atomic mass is 32.2. The Morgan fingerprint density at radius 2 is 1.85 bits per heavy atom. The first-order valence-corrected chi connectivity index (χ1v) is 10.1. The Morgan fingerprint density at radius 1 is 1.07 bits per heavy atom. The van der Waals surface area contributed by atoms with E-state index in [1.165, 1.54) is 0 Å². The van der Waals surface area contributed by atoms with Gasteiger partial charge < -0.3 is 16.0 Å². The molecule has 27 heavy (non-hydrogen) atoms. The number of hydrogen-bond donors (Lipinski definition) is 3. The molecule has 0 aliphatic carbocycles. The summed E-state index contributed by atoms with van der Waals surface area (Å²) in [5, 5.41) is 10.1. The predicted octanol–water partition coefficient (Wildman–Crippen LogP) is 4.44. The number of urea groups is 1. The first-order valence-electron chi connectivity index (χ1n) is 8.15. The van der Waals surface area contributed by atoms with E-state index < -0.39 is 0 Å². The highest BCUT2D eigenvalue weighted by molar-refractivity contribution is 7.98. The Bertz CT molecular complexity index is 929. The molecule has 6 nitrogen and oxygen atoms in total. The van der Waals surface area contributed by atoms with Crippen LogP contribution in [0.5, 0.6) is 0 Å². The van der Waals surface area contributed by atoms with Crippen LogP contribution in [0.3, 0.4) is 0 Å². The van der Waals surface area contributed by atoms with E-state index in [9.17, 15) is 9.59 Å². The number of carbonyl (C=O) groups is 2. The van der Waals surface area contributed by atoms with Crippen molar-refractivity contribution in [3.05, 3.63) is 70.7 Å². The van der Waals surface area contributed by atoms with Crippen LogP contribution in [0, 0.1) is 0 Å². The number of benzene rings is 2. The molecule has 3 N–H and O–H groups in total. The van der Waals surface area contributed by atoms with E-state index in [4.69, 9.17) is 0 Å². The van der Waals surface area contributed by atoms with E-state index in [2.05, 4.69) is 20.9 Å². The number of anilines is 2. The molecule has 3 amide bonds. The van der Waals surface area contributed by atoms with Crippen LogP contribution in [-0.4, -0.2) is 24.0 Å². The molecule has 0 saturated carbocycles. The second-order valence-corrected chi connectivity index (χ2v) is 7.24. The van der Waals surface area contributed by atoms with E-state index in [1.54, 1.807) is 66.0 Å². The maximum absolute atomic E-state index is 12.7. The first-order chi connectivity index (χ1) is 13.2. The van der Waals surface area contributed by atoms with E-state index in [1.807, 2.05) is 23.6 Å². The van der Waals surface area contributed by atoms with Crippen molar-refractivity contribution in [1.82, 2.24) is 10.3 Å². The Balaban J connectivity index is 1.71. The molecule has 3 aromatic rings. The highest BCUT2D eigenvalue weighted by Crippen LogP contribution is 2.27. The fraction of sp³-hybridized carbons (Fsp3) is 0.105. The molecule has 8 heteroatoms. The molecule has 0 spiro atoms. The van der Waals surface area contributed by atoms with Crippen LogP contribution in [0.15, 0.2) is 64.3 Å². The molecule has 3 rings (SSSR count). The second kappa shape index (κ2) is 9.20. The number of amides is 3. The molecule has 1 aromatic heterocycles. The average Bonchev–Trinajstić information content (AvgIpc) is 3.20. The van der Waals surface area contributed by atoms with Crippen LogP contribution in [0.4, 0.5) is 16.2 Å². The van der Waals surface area contributed by atoms with Gasteiger partial charge >= 0.3 is 6.03 Å². The van der Waals surface area contributed by atoms with Crippen molar-refractivity contribution < 1.29 is 9.59 Å². The number of carbonyl (C=O) groups excluding carboxylic acids is 2. The number of thioether (sulfide) groups is 1. The SMILES string of the molecule is CNC(=O)Nc1cccc(NC(=O)c2ccccc2SCc2cscn2)c1. The summed E-state index contributed by atoms with van der Waals surface area (Å²) in [6.45, 7) is 0. The number of thiazole rings is 1. The largest absolute Gasteiger partial charge is 0.341 e. The summed E-state index contributed by atoms with van der Waals surface area (Å²) in [6, 6.07) is 14.2. The van der Waals surface area contributed by atoms with Gasteiger partial charge in [-0.25, -0.2) is 9.78 Å². The fourth-order valence-electron chi connectivity index (χ4n) is 2.31. The minimum absolute atomic E-state index is 0.200. The quantitative estimate of drug-likeness (QED) is 0.536. The zero-order valence-electron chi connectivity index (χ0n) is 14.6. The van der Waals surface area contributed by atoms with Crippen molar-refractivity contribution in [2.45, 2.75) is 10.6 Å². The van der Waals surface area contributed by atoms with Crippen LogP contribution >= 0.6 is 23.1 Å². The normalized spacial score (nSPS) is 10.3. The average molecular weight is 399 g/mol. The number of aromatic nitrogens is 1. The molecule has 2 aromatic carbocycles. The highest BCUT2D eigenvalue weighted by Gasteiger charge is 2.12. The standard InChI is InChI=1S/C19H18N4O2S2/c1-20-19(25)23-14-6-4-5-13(9-14)22-18(24)16-7-2-3-8-17(16)27-11-15-10-26-12-21-15/h2-10,12H,11H2,1H3,(H,22,24)(H2,20,23,25). The zero-order chi connectivity index (χ0) is 19.1. The minimum Gasteiger partial charge on any atom is -0.341 e. The van der Waals surface area contributed by atoms with Gasteiger partial charge in [0.1, 0.15) is 0 Å². The number of nitrogens with zero attached hydrogens (tertiary/aromatic N) is 1. The summed E-state index contributed by atoms with van der Waals surface area (Å²) < 4.78 is 0. The van der Waals surface area contributed by atoms with E-state index >= 15 is 0 Å². The van der Waals surface area contributed by atoms with Gasteiger partial charge in [0.15, 0.2) is 0 Å². The van der Waals surface area contributed by atoms with E-state index in [0.717, 1.165) is 10.6 Å². The van der Waals surface area contributed by atoms with Gasteiger partial charge in [-0.2, -0.15) is 0 Å². The summed E-state index contributed by atoms with van der Waals surface area (Å²) in [6.07, 6.45) is 0. The third kappa shape index (κ3) is 5.32. The van der Waals surface area contributed by atoms with Crippen LogP contribution in [0.1, 0.15) is 16.1 Å². The molecule has 1 heterocycles. The summed E-state index contributed by atoms with van der Waals surface area (Å²) >= 11 is 3.13. The minimum atomic E-state index is -0.317. The van der Waals surface area contributed by atoms with Gasteiger partial charge in [0.2, 0.25) is 0 Å². The Morgan fingerprint density at radius 3 is 2.59 bits per heavy atom. The second-order valence-electron chi connectivity index (χ2n) is 5.50. The topological polar surface area (TPSA) is 83.1 Å². The molecule has 0 bridgehead atoms. The van der Waals surface area contributed by atoms with Crippen LogP contribution in [0.2, 0.25) is 0 Å². The van der Waals surface area contributed by atoms with Crippen LogP contribution in [-0.2, 0) is 5.75 Å². The predicted molar refractivity (Wildman–Crippen MR) is 111 cm³/mol.